The van der Waals surface area contributed by atoms with Crippen molar-refractivity contribution in [2.24, 2.45) is 5.92 Å². The van der Waals surface area contributed by atoms with Gasteiger partial charge in [0.05, 0.1) is 0 Å². The fourth-order valence-electron chi connectivity index (χ4n) is 5.00. The van der Waals surface area contributed by atoms with Crippen molar-refractivity contribution in [3.63, 3.8) is 0 Å². The molecule has 7 heteroatoms. The molecule has 0 unspecified atom stereocenters. The predicted molar refractivity (Wildman–Crippen MR) is 140 cm³/mol. The number of thioether (sulfide) groups is 1. The molecule has 4 atom stereocenters. The summed E-state index contributed by atoms with van der Waals surface area (Å²) < 4.78 is -0.482. The minimum Gasteiger partial charge on any atom is -0.354 e. The van der Waals surface area contributed by atoms with Crippen molar-refractivity contribution in [2.45, 2.75) is 69.2 Å². The maximum atomic E-state index is 13.7. The molecule has 1 saturated heterocycles. The molecule has 0 radical (unpaired) electrons. The molecule has 0 bridgehead atoms. The van der Waals surface area contributed by atoms with E-state index in [0.717, 1.165) is 24.8 Å². The van der Waals surface area contributed by atoms with E-state index >= 15 is 0 Å². The number of benzene rings is 2. The van der Waals surface area contributed by atoms with Gasteiger partial charge in [-0.3, -0.25) is 14.4 Å². The van der Waals surface area contributed by atoms with E-state index < -0.39 is 16.8 Å². The van der Waals surface area contributed by atoms with Crippen LogP contribution in [0, 0.1) is 5.92 Å². The van der Waals surface area contributed by atoms with E-state index in [4.69, 9.17) is 0 Å². The SMILES string of the molecule is CC[C@H](C)[C@H](NC(=O)[C@H]1N2C(=O)c3ccccc3[C@@H]2SC1(C)C)C(=O)NCCCc1ccccc1. The predicted octanol–water partition coefficient (Wildman–Crippen LogP) is 4.31. The standard InChI is InChI=1S/C28H35N3O3S/c1-5-18(2)22(24(32)29-17-11-14-19-12-7-6-8-13-19)30-25(33)23-28(3,4)35-27-21-16-10-9-15-20(21)26(34)31(23)27/h6-10,12-13,15-16,18,22-23,27H,5,11,14,17H2,1-4H3,(H,29,32)(H,30,33)/t18-,22-,23+,27-/m0/s1. The van der Waals surface area contributed by atoms with Crippen LogP contribution in [0.15, 0.2) is 54.6 Å². The largest absolute Gasteiger partial charge is 0.354 e. The van der Waals surface area contributed by atoms with Gasteiger partial charge in [0.2, 0.25) is 11.8 Å². The molecule has 4 rings (SSSR count). The number of fused-ring (bicyclic) bond motifs is 3. The zero-order valence-electron chi connectivity index (χ0n) is 20.9. The Balaban J connectivity index is 1.43. The molecule has 35 heavy (non-hydrogen) atoms. The summed E-state index contributed by atoms with van der Waals surface area (Å²) in [4.78, 5) is 41.7. The van der Waals surface area contributed by atoms with Crippen molar-refractivity contribution in [3.8, 4) is 0 Å². The number of hydrogen-bond donors (Lipinski definition) is 2. The summed E-state index contributed by atoms with van der Waals surface area (Å²) in [5.41, 5.74) is 2.86. The van der Waals surface area contributed by atoms with Crippen LogP contribution < -0.4 is 10.6 Å². The number of nitrogens with one attached hydrogen (secondary N) is 2. The number of rotatable bonds is 9. The molecule has 2 aliphatic heterocycles. The van der Waals surface area contributed by atoms with Crippen LogP contribution in [0.5, 0.6) is 0 Å². The first kappa shape index (κ1) is 25.3. The third-order valence-corrected chi connectivity index (χ3v) is 8.66. The normalized spacial score (nSPS) is 21.7. The van der Waals surface area contributed by atoms with E-state index in [0.29, 0.717) is 12.1 Å². The van der Waals surface area contributed by atoms with Gasteiger partial charge >= 0.3 is 0 Å². The Hall–Kier alpha value is -2.80. The molecule has 186 valence electrons. The van der Waals surface area contributed by atoms with Crippen LogP contribution in [-0.4, -0.2) is 46.0 Å². The molecule has 0 aromatic heterocycles. The van der Waals surface area contributed by atoms with E-state index in [2.05, 4.69) is 22.8 Å². The first-order valence-corrected chi connectivity index (χ1v) is 13.3. The van der Waals surface area contributed by atoms with E-state index in [1.165, 1.54) is 5.56 Å². The molecule has 2 aromatic rings. The van der Waals surface area contributed by atoms with Crippen LogP contribution in [0.25, 0.3) is 0 Å². The molecule has 0 aliphatic carbocycles. The molecule has 6 nitrogen and oxygen atoms in total. The topological polar surface area (TPSA) is 78.5 Å². The lowest BCUT2D eigenvalue weighted by Gasteiger charge is -2.32. The first-order chi connectivity index (χ1) is 16.7. The lowest BCUT2D eigenvalue weighted by atomic mass is 9.95. The van der Waals surface area contributed by atoms with Crippen LogP contribution in [0.3, 0.4) is 0 Å². The fourth-order valence-corrected chi connectivity index (χ4v) is 6.59. The lowest BCUT2D eigenvalue weighted by Crippen LogP contribution is -2.58. The second kappa shape index (κ2) is 10.4. The van der Waals surface area contributed by atoms with Crippen LogP contribution in [-0.2, 0) is 16.0 Å². The Kier molecular flexibility index (Phi) is 7.55. The summed E-state index contributed by atoms with van der Waals surface area (Å²) in [7, 11) is 0. The van der Waals surface area contributed by atoms with Crippen molar-refractivity contribution >= 4 is 29.5 Å². The van der Waals surface area contributed by atoms with E-state index in [9.17, 15) is 14.4 Å². The number of hydrogen-bond acceptors (Lipinski definition) is 4. The van der Waals surface area contributed by atoms with Crippen LogP contribution in [0.2, 0.25) is 0 Å². The van der Waals surface area contributed by atoms with Crippen molar-refractivity contribution < 1.29 is 14.4 Å². The van der Waals surface area contributed by atoms with Gasteiger partial charge in [-0.2, -0.15) is 0 Å². The fraction of sp³-hybridized carbons (Fsp3) is 0.464. The maximum absolute atomic E-state index is 13.7. The van der Waals surface area contributed by atoms with Crippen molar-refractivity contribution in [1.29, 1.82) is 0 Å². The Morgan fingerprint density at radius 1 is 1.09 bits per heavy atom. The number of carbonyl (C=O) groups is 3. The highest BCUT2D eigenvalue weighted by Crippen LogP contribution is 2.56. The quantitative estimate of drug-likeness (QED) is 0.510. The van der Waals surface area contributed by atoms with Gasteiger partial charge in [-0.05, 0) is 49.8 Å². The van der Waals surface area contributed by atoms with Gasteiger partial charge in [0.15, 0.2) is 0 Å². The van der Waals surface area contributed by atoms with E-state index in [-0.39, 0.29) is 29.0 Å². The minimum absolute atomic E-state index is 0.0347. The van der Waals surface area contributed by atoms with Gasteiger partial charge < -0.3 is 15.5 Å². The molecule has 3 amide bonds. The monoisotopic (exact) mass is 493 g/mol. The Morgan fingerprint density at radius 2 is 1.77 bits per heavy atom. The van der Waals surface area contributed by atoms with E-state index in [1.54, 1.807) is 16.7 Å². The van der Waals surface area contributed by atoms with Gasteiger partial charge in [-0.15, -0.1) is 11.8 Å². The van der Waals surface area contributed by atoms with Gasteiger partial charge in [0.1, 0.15) is 17.5 Å². The number of amides is 3. The highest BCUT2D eigenvalue weighted by Gasteiger charge is 2.57. The van der Waals surface area contributed by atoms with Gasteiger partial charge in [0, 0.05) is 16.9 Å². The molecule has 2 aromatic carbocycles. The third kappa shape index (κ3) is 5.10. The summed E-state index contributed by atoms with van der Waals surface area (Å²) in [5, 5.41) is 5.86. The Bertz CT molecular complexity index is 1090. The average molecular weight is 494 g/mol. The summed E-state index contributed by atoms with van der Waals surface area (Å²) in [6.07, 6.45) is 2.46. The Morgan fingerprint density at radius 3 is 2.49 bits per heavy atom. The second-order valence-electron chi connectivity index (χ2n) is 10.0. The van der Waals surface area contributed by atoms with Crippen molar-refractivity contribution in [3.05, 3.63) is 71.3 Å². The molecule has 2 aliphatic rings. The molecule has 1 fully saturated rings. The first-order valence-electron chi connectivity index (χ1n) is 12.5. The summed E-state index contributed by atoms with van der Waals surface area (Å²) in [6.45, 7) is 8.53. The summed E-state index contributed by atoms with van der Waals surface area (Å²) in [6, 6.07) is 16.4. The smallest absolute Gasteiger partial charge is 0.256 e. The number of aryl methyl sites for hydroxylation is 1. The van der Waals surface area contributed by atoms with Crippen molar-refractivity contribution in [2.75, 3.05) is 6.54 Å². The summed E-state index contributed by atoms with van der Waals surface area (Å²) >= 11 is 1.63. The zero-order valence-corrected chi connectivity index (χ0v) is 21.7. The van der Waals surface area contributed by atoms with Crippen LogP contribution >= 0.6 is 11.8 Å². The van der Waals surface area contributed by atoms with Crippen LogP contribution in [0.4, 0.5) is 0 Å². The summed E-state index contributed by atoms with van der Waals surface area (Å²) in [5.74, 6) is -0.588. The Labute approximate surface area is 212 Å². The highest BCUT2D eigenvalue weighted by molar-refractivity contribution is 8.01. The van der Waals surface area contributed by atoms with Gasteiger partial charge in [-0.25, -0.2) is 0 Å². The average Bonchev–Trinajstić information content (AvgIpc) is 3.29. The minimum atomic E-state index is -0.658. The zero-order chi connectivity index (χ0) is 25.2. The third-order valence-electron chi connectivity index (χ3n) is 7.12. The van der Waals surface area contributed by atoms with Crippen LogP contribution in [0.1, 0.15) is 67.4 Å². The van der Waals surface area contributed by atoms with Gasteiger partial charge in [-0.1, -0.05) is 68.8 Å². The molecule has 2 N–H and O–H groups in total. The van der Waals surface area contributed by atoms with Crippen molar-refractivity contribution in [1.82, 2.24) is 15.5 Å². The molecule has 2 heterocycles. The van der Waals surface area contributed by atoms with E-state index in [1.807, 2.05) is 70.2 Å². The molecular weight excluding hydrogens is 458 g/mol. The number of nitrogens with zero attached hydrogens (tertiary/aromatic N) is 1. The molecule has 0 saturated carbocycles. The lowest BCUT2D eigenvalue weighted by molar-refractivity contribution is -0.133. The van der Waals surface area contributed by atoms with Gasteiger partial charge in [0.25, 0.3) is 5.91 Å². The number of carbonyl (C=O) groups excluding carboxylic acids is 3. The highest BCUT2D eigenvalue weighted by atomic mass is 32.2. The molecule has 0 spiro atoms. The second-order valence-corrected chi connectivity index (χ2v) is 11.8. The molecular formula is C28H35N3O3S. The maximum Gasteiger partial charge on any atom is 0.256 e.